The standard InChI is InChI=1S/C13H10BrNO4S/c14-10-4-2-6-12(8-10)20(18,19)15-11-5-1-3-9(7-11)13(16)17/h1-8,15H,(H,16,17)/p-1. The average Bonchev–Trinajstić information content (AvgIpc) is 2.38. The smallest absolute Gasteiger partial charge is 0.261 e. The summed E-state index contributed by atoms with van der Waals surface area (Å²) in [5.41, 5.74) is 0.0612. The number of carboxylic acids is 1. The van der Waals surface area contributed by atoms with E-state index in [9.17, 15) is 18.3 Å². The van der Waals surface area contributed by atoms with Gasteiger partial charge >= 0.3 is 0 Å². The van der Waals surface area contributed by atoms with Gasteiger partial charge in [-0.05, 0) is 35.9 Å². The van der Waals surface area contributed by atoms with Crippen molar-refractivity contribution in [3.8, 4) is 0 Å². The van der Waals surface area contributed by atoms with Gasteiger partial charge in [0.05, 0.1) is 10.9 Å². The summed E-state index contributed by atoms with van der Waals surface area (Å²) in [5.74, 6) is -1.37. The van der Waals surface area contributed by atoms with E-state index in [1.54, 1.807) is 12.1 Å². The highest BCUT2D eigenvalue weighted by Gasteiger charge is 2.14. The lowest BCUT2D eigenvalue weighted by Crippen LogP contribution is -2.22. The predicted molar refractivity (Wildman–Crippen MR) is 75.7 cm³/mol. The highest BCUT2D eigenvalue weighted by molar-refractivity contribution is 9.10. The topological polar surface area (TPSA) is 86.3 Å². The largest absolute Gasteiger partial charge is 0.545 e. The highest BCUT2D eigenvalue weighted by atomic mass is 79.9. The third kappa shape index (κ3) is 3.37. The molecule has 20 heavy (non-hydrogen) atoms. The SMILES string of the molecule is O=C([O-])c1cccc(NS(=O)(=O)c2cccc(Br)c2)c1. The van der Waals surface area contributed by atoms with Gasteiger partial charge in [0, 0.05) is 10.2 Å². The molecule has 104 valence electrons. The molecular weight excluding hydrogens is 346 g/mol. The lowest BCUT2D eigenvalue weighted by molar-refractivity contribution is -0.255. The first-order chi connectivity index (χ1) is 9.38. The number of nitrogens with one attached hydrogen (secondary N) is 1. The van der Waals surface area contributed by atoms with Gasteiger partial charge in [0.2, 0.25) is 0 Å². The minimum Gasteiger partial charge on any atom is -0.545 e. The first-order valence-corrected chi connectivity index (χ1v) is 7.76. The highest BCUT2D eigenvalue weighted by Crippen LogP contribution is 2.20. The zero-order valence-corrected chi connectivity index (χ0v) is 12.4. The van der Waals surface area contributed by atoms with Gasteiger partial charge in [-0.25, -0.2) is 8.42 Å². The molecule has 0 amide bonds. The molecule has 2 aromatic carbocycles. The van der Waals surface area contributed by atoms with Crippen molar-refractivity contribution in [3.63, 3.8) is 0 Å². The zero-order valence-electron chi connectivity index (χ0n) is 10.0. The van der Waals surface area contributed by atoms with E-state index in [4.69, 9.17) is 0 Å². The summed E-state index contributed by atoms with van der Waals surface area (Å²) in [6.45, 7) is 0. The van der Waals surface area contributed by atoms with Crippen molar-refractivity contribution in [2.75, 3.05) is 4.72 Å². The number of hydrogen-bond acceptors (Lipinski definition) is 4. The number of benzene rings is 2. The number of anilines is 1. The van der Waals surface area contributed by atoms with E-state index in [1.165, 1.54) is 36.4 Å². The minimum absolute atomic E-state index is 0.0747. The van der Waals surface area contributed by atoms with E-state index in [0.717, 1.165) is 0 Å². The van der Waals surface area contributed by atoms with Crippen molar-refractivity contribution in [1.29, 1.82) is 0 Å². The molecule has 0 aliphatic rings. The monoisotopic (exact) mass is 354 g/mol. The lowest BCUT2D eigenvalue weighted by atomic mass is 10.2. The Morgan fingerprint density at radius 1 is 1.10 bits per heavy atom. The van der Waals surface area contributed by atoms with Crippen molar-refractivity contribution < 1.29 is 18.3 Å². The van der Waals surface area contributed by atoms with E-state index >= 15 is 0 Å². The van der Waals surface area contributed by atoms with Crippen LogP contribution in [0.25, 0.3) is 0 Å². The molecule has 1 N–H and O–H groups in total. The average molecular weight is 355 g/mol. The lowest BCUT2D eigenvalue weighted by Gasteiger charge is -2.10. The molecule has 0 bridgehead atoms. The first kappa shape index (κ1) is 14.5. The quantitative estimate of drug-likeness (QED) is 0.903. The second kappa shape index (κ2) is 5.64. The van der Waals surface area contributed by atoms with Gasteiger partial charge in [-0.3, -0.25) is 4.72 Å². The Labute approximate surface area is 124 Å². The molecule has 0 aliphatic carbocycles. The molecular formula is C13H9BrNO4S-. The molecule has 0 aliphatic heterocycles. The van der Waals surface area contributed by atoms with Gasteiger partial charge in [-0.1, -0.05) is 34.1 Å². The van der Waals surface area contributed by atoms with Crippen LogP contribution in [0.3, 0.4) is 0 Å². The molecule has 2 rings (SSSR count). The van der Waals surface area contributed by atoms with Crippen LogP contribution in [0.2, 0.25) is 0 Å². The molecule has 7 heteroatoms. The summed E-state index contributed by atoms with van der Waals surface area (Å²) in [4.78, 5) is 10.8. The van der Waals surface area contributed by atoms with Gasteiger partial charge in [-0.15, -0.1) is 0 Å². The van der Waals surface area contributed by atoms with Crippen molar-refractivity contribution in [2.24, 2.45) is 0 Å². The van der Waals surface area contributed by atoms with Gasteiger partial charge < -0.3 is 9.90 Å². The Bertz CT molecular complexity index is 758. The Kier molecular flexibility index (Phi) is 4.10. The van der Waals surface area contributed by atoms with Gasteiger partial charge in [-0.2, -0.15) is 0 Å². The van der Waals surface area contributed by atoms with Gasteiger partial charge in [0.15, 0.2) is 0 Å². The summed E-state index contributed by atoms with van der Waals surface area (Å²) in [6.07, 6.45) is 0. The number of aromatic carboxylic acids is 1. The second-order valence-electron chi connectivity index (χ2n) is 3.93. The molecule has 0 unspecified atom stereocenters. The van der Waals surface area contributed by atoms with Crippen LogP contribution in [0, 0.1) is 0 Å². The van der Waals surface area contributed by atoms with E-state index in [-0.39, 0.29) is 16.1 Å². The van der Waals surface area contributed by atoms with Crippen molar-refractivity contribution in [1.82, 2.24) is 0 Å². The Morgan fingerprint density at radius 3 is 2.45 bits per heavy atom. The fourth-order valence-electron chi connectivity index (χ4n) is 1.56. The van der Waals surface area contributed by atoms with Gasteiger partial charge in [0.1, 0.15) is 0 Å². The third-order valence-corrected chi connectivity index (χ3v) is 4.33. The molecule has 5 nitrogen and oxygen atoms in total. The molecule has 0 atom stereocenters. The van der Waals surface area contributed by atoms with Crippen molar-refractivity contribution in [3.05, 3.63) is 58.6 Å². The normalized spacial score (nSPS) is 11.1. The zero-order chi connectivity index (χ0) is 14.8. The molecule has 0 saturated carbocycles. The maximum Gasteiger partial charge on any atom is 0.261 e. The van der Waals surface area contributed by atoms with Gasteiger partial charge in [0.25, 0.3) is 10.0 Å². The number of halogens is 1. The molecule has 2 aromatic rings. The second-order valence-corrected chi connectivity index (χ2v) is 6.53. The first-order valence-electron chi connectivity index (χ1n) is 5.48. The van der Waals surface area contributed by atoms with Crippen LogP contribution in [0.1, 0.15) is 10.4 Å². The Balaban J connectivity index is 2.33. The van der Waals surface area contributed by atoms with Crippen LogP contribution < -0.4 is 9.83 Å². The minimum atomic E-state index is -3.77. The van der Waals surface area contributed by atoms with E-state index in [2.05, 4.69) is 20.7 Å². The van der Waals surface area contributed by atoms with Crippen LogP contribution >= 0.6 is 15.9 Å². The van der Waals surface area contributed by atoms with E-state index in [0.29, 0.717) is 4.47 Å². The van der Waals surface area contributed by atoms with E-state index < -0.39 is 16.0 Å². The Morgan fingerprint density at radius 2 is 1.80 bits per heavy atom. The number of hydrogen-bond donors (Lipinski definition) is 1. The molecule has 0 radical (unpaired) electrons. The summed E-state index contributed by atoms with van der Waals surface area (Å²) >= 11 is 3.19. The number of carboxylic acid groups (broad SMARTS) is 1. The molecule has 0 aromatic heterocycles. The number of carbonyl (C=O) groups is 1. The Hall–Kier alpha value is -1.86. The molecule has 0 spiro atoms. The number of sulfonamides is 1. The van der Waals surface area contributed by atoms with Crippen molar-refractivity contribution in [2.45, 2.75) is 4.90 Å². The van der Waals surface area contributed by atoms with E-state index in [1.807, 2.05) is 0 Å². The maximum absolute atomic E-state index is 12.1. The summed E-state index contributed by atoms with van der Waals surface area (Å²) in [7, 11) is -3.77. The fraction of sp³-hybridized carbons (Fsp3) is 0. The summed E-state index contributed by atoms with van der Waals surface area (Å²) in [5, 5.41) is 10.7. The number of rotatable bonds is 4. The fourth-order valence-corrected chi connectivity index (χ4v) is 3.20. The van der Waals surface area contributed by atoms with Crippen LogP contribution in [0.15, 0.2) is 57.9 Å². The van der Waals surface area contributed by atoms with Crippen molar-refractivity contribution >= 4 is 37.6 Å². The maximum atomic E-state index is 12.1. The third-order valence-electron chi connectivity index (χ3n) is 2.46. The summed E-state index contributed by atoms with van der Waals surface area (Å²) in [6, 6.07) is 11.6. The number of carbonyl (C=O) groups excluding carboxylic acids is 1. The van der Waals surface area contributed by atoms with Crippen LogP contribution in [-0.4, -0.2) is 14.4 Å². The molecule has 0 fully saturated rings. The molecule has 0 saturated heterocycles. The van der Waals surface area contributed by atoms with Crippen LogP contribution in [0.4, 0.5) is 5.69 Å². The van der Waals surface area contributed by atoms with Crippen LogP contribution in [-0.2, 0) is 10.0 Å². The summed E-state index contributed by atoms with van der Waals surface area (Å²) < 4.78 is 27.2. The molecule has 0 heterocycles. The van der Waals surface area contributed by atoms with Crippen LogP contribution in [0.5, 0.6) is 0 Å². The predicted octanol–water partition coefficient (Wildman–Crippen LogP) is 1.61.